The van der Waals surface area contributed by atoms with Gasteiger partial charge in [0.25, 0.3) is 0 Å². The van der Waals surface area contributed by atoms with E-state index in [0.29, 0.717) is 19.3 Å². The average molecular weight is 863 g/mol. The fourth-order valence-corrected chi connectivity index (χ4v) is 8.31. The molecule has 0 saturated heterocycles. The van der Waals surface area contributed by atoms with E-state index in [-0.39, 0.29) is 31.1 Å². The van der Waals surface area contributed by atoms with E-state index in [9.17, 15) is 14.4 Å². The Balaban J connectivity index is 4.13. The summed E-state index contributed by atoms with van der Waals surface area (Å²) in [6.45, 7) is 11.4. The SMILES string of the molecule is CCCCCCCCCC(=O)O[C@@H](COC(=O)CCCCCCCCCCCCCCCCCC(C)C)COC(=O)CCCCCCCCCCCCCCCCC(C)CC. The van der Waals surface area contributed by atoms with Gasteiger partial charge in [-0.2, -0.15) is 0 Å². The van der Waals surface area contributed by atoms with Crippen LogP contribution in [0, 0.1) is 11.8 Å². The summed E-state index contributed by atoms with van der Waals surface area (Å²) in [7, 11) is 0. The molecule has 0 rings (SSSR count). The van der Waals surface area contributed by atoms with E-state index in [1.54, 1.807) is 0 Å². The Labute approximate surface area is 380 Å². The lowest BCUT2D eigenvalue weighted by Crippen LogP contribution is -2.30. The molecule has 2 atom stereocenters. The zero-order valence-electron chi connectivity index (χ0n) is 41.8. The highest BCUT2D eigenvalue weighted by Crippen LogP contribution is 2.18. The Bertz CT molecular complexity index is 933. The quantitative estimate of drug-likeness (QED) is 0.0344. The molecule has 0 fully saturated rings. The lowest BCUT2D eigenvalue weighted by Gasteiger charge is -2.18. The number of esters is 3. The second-order valence-electron chi connectivity index (χ2n) is 19.6. The fraction of sp³-hybridized carbons (Fsp3) is 0.945. The van der Waals surface area contributed by atoms with Crippen LogP contribution in [0.3, 0.4) is 0 Å². The first-order valence-electron chi connectivity index (χ1n) is 27.3. The van der Waals surface area contributed by atoms with Gasteiger partial charge in [-0.25, -0.2) is 0 Å². The van der Waals surface area contributed by atoms with Crippen LogP contribution in [0.5, 0.6) is 0 Å². The van der Waals surface area contributed by atoms with Crippen molar-refractivity contribution in [1.82, 2.24) is 0 Å². The Morgan fingerprint density at radius 1 is 0.344 bits per heavy atom. The molecule has 0 spiro atoms. The monoisotopic (exact) mass is 863 g/mol. The van der Waals surface area contributed by atoms with Crippen LogP contribution < -0.4 is 0 Å². The lowest BCUT2D eigenvalue weighted by atomic mass is 9.99. The third-order valence-electron chi connectivity index (χ3n) is 12.8. The molecule has 0 aromatic heterocycles. The topological polar surface area (TPSA) is 78.9 Å². The summed E-state index contributed by atoms with van der Waals surface area (Å²) in [5.41, 5.74) is 0. The molecule has 0 heterocycles. The molecule has 362 valence electrons. The first kappa shape index (κ1) is 59.4. The van der Waals surface area contributed by atoms with Crippen molar-refractivity contribution in [3.05, 3.63) is 0 Å². The van der Waals surface area contributed by atoms with Crippen LogP contribution in [0.4, 0.5) is 0 Å². The predicted octanol–water partition coefficient (Wildman–Crippen LogP) is 17.7. The first-order valence-corrected chi connectivity index (χ1v) is 27.3. The molecule has 0 aromatic rings. The average Bonchev–Trinajstić information content (AvgIpc) is 3.24. The highest BCUT2D eigenvalue weighted by molar-refractivity contribution is 5.71. The molecule has 6 nitrogen and oxygen atoms in total. The second-order valence-corrected chi connectivity index (χ2v) is 19.6. The van der Waals surface area contributed by atoms with Gasteiger partial charge < -0.3 is 14.2 Å². The van der Waals surface area contributed by atoms with Gasteiger partial charge in [-0.1, -0.05) is 266 Å². The van der Waals surface area contributed by atoms with E-state index in [2.05, 4.69) is 34.6 Å². The maximum atomic E-state index is 12.7. The van der Waals surface area contributed by atoms with Crippen LogP contribution in [-0.2, 0) is 28.6 Å². The van der Waals surface area contributed by atoms with Gasteiger partial charge in [0.05, 0.1) is 0 Å². The zero-order chi connectivity index (χ0) is 44.7. The largest absolute Gasteiger partial charge is 0.462 e. The summed E-state index contributed by atoms with van der Waals surface area (Å²) < 4.78 is 16.8. The maximum absolute atomic E-state index is 12.7. The smallest absolute Gasteiger partial charge is 0.306 e. The highest BCUT2D eigenvalue weighted by atomic mass is 16.6. The highest BCUT2D eigenvalue weighted by Gasteiger charge is 2.19. The van der Waals surface area contributed by atoms with Crippen molar-refractivity contribution in [1.29, 1.82) is 0 Å². The summed E-state index contributed by atoms with van der Waals surface area (Å²) in [5, 5.41) is 0. The van der Waals surface area contributed by atoms with Gasteiger partial charge in [0.1, 0.15) is 13.2 Å². The van der Waals surface area contributed by atoms with Crippen molar-refractivity contribution in [2.24, 2.45) is 11.8 Å². The molecule has 0 aliphatic heterocycles. The summed E-state index contributed by atoms with van der Waals surface area (Å²) in [6.07, 6.45) is 49.6. The molecular weight excluding hydrogens is 757 g/mol. The Morgan fingerprint density at radius 2 is 0.623 bits per heavy atom. The Morgan fingerprint density at radius 3 is 0.934 bits per heavy atom. The van der Waals surface area contributed by atoms with Crippen LogP contribution in [-0.4, -0.2) is 37.2 Å². The van der Waals surface area contributed by atoms with Crippen molar-refractivity contribution in [3.63, 3.8) is 0 Å². The van der Waals surface area contributed by atoms with Crippen molar-refractivity contribution >= 4 is 17.9 Å². The van der Waals surface area contributed by atoms with Crippen molar-refractivity contribution in [2.75, 3.05) is 13.2 Å². The summed E-state index contributed by atoms with van der Waals surface area (Å²) in [4.78, 5) is 37.9. The third-order valence-corrected chi connectivity index (χ3v) is 12.8. The van der Waals surface area contributed by atoms with E-state index in [1.165, 1.54) is 193 Å². The summed E-state index contributed by atoms with van der Waals surface area (Å²) >= 11 is 0. The van der Waals surface area contributed by atoms with Crippen molar-refractivity contribution in [2.45, 2.75) is 310 Å². The number of carbonyl (C=O) groups excluding carboxylic acids is 3. The summed E-state index contributed by atoms with van der Waals surface area (Å²) in [5.74, 6) is 0.894. The zero-order valence-corrected chi connectivity index (χ0v) is 41.8. The molecule has 0 aliphatic rings. The first-order chi connectivity index (χ1) is 29.8. The Kier molecular flexibility index (Phi) is 46.6. The van der Waals surface area contributed by atoms with Gasteiger partial charge in [0.15, 0.2) is 6.10 Å². The van der Waals surface area contributed by atoms with Crippen molar-refractivity contribution < 1.29 is 28.6 Å². The number of hydrogen-bond acceptors (Lipinski definition) is 6. The molecule has 0 aromatic carbocycles. The molecule has 0 saturated carbocycles. The van der Waals surface area contributed by atoms with E-state index in [4.69, 9.17) is 14.2 Å². The number of rotatable bonds is 49. The molecule has 0 aliphatic carbocycles. The molecule has 1 unspecified atom stereocenters. The van der Waals surface area contributed by atoms with Gasteiger partial charge >= 0.3 is 17.9 Å². The molecule has 6 heteroatoms. The molecule has 0 bridgehead atoms. The molecule has 61 heavy (non-hydrogen) atoms. The molecule has 0 N–H and O–H groups in total. The van der Waals surface area contributed by atoms with E-state index >= 15 is 0 Å². The van der Waals surface area contributed by atoms with Gasteiger partial charge in [-0.05, 0) is 31.1 Å². The van der Waals surface area contributed by atoms with Crippen LogP contribution in [0.1, 0.15) is 304 Å². The predicted molar refractivity (Wildman–Crippen MR) is 261 cm³/mol. The lowest BCUT2D eigenvalue weighted by molar-refractivity contribution is -0.167. The second kappa shape index (κ2) is 47.9. The van der Waals surface area contributed by atoms with Gasteiger partial charge in [0, 0.05) is 19.3 Å². The molecule has 0 radical (unpaired) electrons. The van der Waals surface area contributed by atoms with E-state index < -0.39 is 6.10 Å². The number of hydrogen-bond donors (Lipinski definition) is 0. The van der Waals surface area contributed by atoms with Crippen LogP contribution in [0.2, 0.25) is 0 Å². The molecule has 0 amide bonds. The van der Waals surface area contributed by atoms with Crippen LogP contribution in [0.15, 0.2) is 0 Å². The van der Waals surface area contributed by atoms with E-state index in [1.807, 2.05) is 0 Å². The minimum Gasteiger partial charge on any atom is -0.462 e. The van der Waals surface area contributed by atoms with Crippen LogP contribution in [0.25, 0.3) is 0 Å². The minimum atomic E-state index is -0.760. The fourth-order valence-electron chi connectivity index (χ4n) is 8.31. The van der Waals surface area contributed by atoms with Gasteiger partial charge in [0.2, 0.25) is 0 Å². The number of ether oxygens (including phenoxy) is 3. The molecular formula is C55H106O6. The third kappa shape index (κ3) is 47.7. The van der Waals surface area contributed by atoms with Gasteiger partial charge in [-0.15, -0.1) is 0 Å². The Hall–Kier alpha value is -1.59. The van der Waals surface area contributed by atoms with Gasteiger partial charge in [-0.3, -0.25) is 14.4 Å². The summed E-state index contributed by atoms with van der Waals surface area (Å²) in [6, 6.07) is 0. The maximum Gasteiger partial charge on any atom is 0.306 e. The van der Waals surface area contributed by atoms with E-state index in [0.717, 1.165) is 69.6 Å². The number of carbonyl (C=O) groups is 3. The van der Waals surface area contributed by atoms with Crippen molar-refractivity contribution in [3.8, 4) is 0 Å². The van der Waals surface area contributed by atoms with Crippen LogP contribution >= 0.6 is 0 Å². The number of unbranched alkanes of at least 4 members (excludes halogenated alkanes) is 33. The normalized spacial score (nSPS) is 12.5. The minimum absolute atomic E-state index is 0.0638. The standard InChI is InChI=1S/C55H106O6/c1-6-8-9-10-28-37-42-47-55(58)61-52(48-59-53(56)45-40-35-31-26-22-18-13-11-12-16-20-24-29-33-38-43-50(3)4)49-60-54(57)46-41-36-32-27-23-19-15-14-17-21-25-30-34-39-44-51(5)7-2/h50-52H,6-49H2,1-5H3/t51?,52-/m0/s1.